The van der Waals surface area contributed by atoms with Crippen LogP contribution in [0.4, 0.5) is 0 Å². The molecule has 2 rings (SSSR count). The Labute approximate surface area is 74.5 Å². The molecule has 0 radical (unpaired) electrons. The summed E-state index contributed by atoms with van der Waals surface area (Å²) in [5.41, 5.74) is 1.64. The molecule has 12 heavy (non-hydrogen) atoms. The van der Waals surface area contributed by atoms with Crippen molar-refractivity contribution in [1.82, 2.24) is 4.98 Å². The number of hydrogen-bond donors (Lipinski definition) is 0. The van der Waals surface area contributed by atoms with Gasteiger partial charge < -0.3 is 0 Å². The number of hydrogen-bond acceptors (Lipinski definition) is 1. The van der Waals surface area contributed by atoms with Gasteiger partial charge >= 0.3 is 0 Å². The van der Waals surface area contributed by atoms with E-state index in [0.29, 0.717) is 12.1 Å². The molecule has 0 aliphatic carbocycles. The molecule has 1 aromatic carbocycles. The van der Waals surface area contributed by atoms with Gasteiger partial charge in [-0.2, -0.15) is 0 Å². The second-order valence-electron chi connectivity index (χ2n) is 2.44. The summed E-state index contributed by atoms with van der Waals surface area (Å²) in [5.74, 6) is 0. The number of aromatic nitrogens is 1. The van der Waals surface area contributed by atoms with Gasteiger partial charge in [-0.25, -0.2) is 0 Å². The Balaban J connectivity index is 2.57. The highest BCUT2D eigenvalue weighted by molar-refractivity contribution is 5.61. The molecule has 0 saturated carbocycles. The van der Waals surface area contributed by atoms with E-state index >= 15 is 0 Å². The molecular weight excluding hydrogens is 146 g/mol. The second-order valence-corrected chi connectivity index (χ2v) is 2.44. The molecule has 0 amide bonds. The third kappa shape index (κ3) is 1.35. The fraction of sp³-hybridized carbons (Fsp3) is 0. The fourth-order valence-electron chi connectivity index (χ4n) is 1.04. The maximum atomic E-state index is 7.69. The Kier molecular flexibility index (Phi) is 1.35. The van der Waals surface area contributed by atoms with E-state index in [1.807, 2.05) is 12.1 Å². The van der Waals surface area contributed by atoms with Crippen LogP contribution in [0.25, 0.3) is 11.1 Å². The molecule has 1 heterocycles. The lowest BCUT2D eigenvalue weighted by Crippen LogP contribution is -1.76. The minimum absolute atomic E-state index is 0.417. The minimum Gasteiger partial charge on any atom is -0.264 e. The SMILES string of the molecule is [2H]c1ccc([2H])c(-c2cccnc2)c1. The van der Waals surface area contributed by atoms with E-state index < -0.39 is 0 Å². The van der Waals surface area contributed by atoms with Crippen LogP contribution in [0, 0.1) is 0 Å². The average Bonchev–Trinajstić information content (AvgIpc) is 2.23. The zero-order valence-corrected chi connectivity index (χ0v) is 6.49. The van der Waals surface area contributed by atoms with E-state index in [4.69, 9.17) is 2.74 Å². The summed E-state index contributed by atoms with van der Waals surface area (Å²) in [6, 6.07) is 9.48. The Hall–Kier alpha value is -1.63. The number of pyridine rings is 1. The van der Waals surface area contributed by atoms with Crippen LogP contribution in [0.3, 0.4) is 0 Å². The predicted octanol–water partition coefficient (Wildman–Crippen LogP) is 2.75. The van der Waals surface area contributed by atoms with Crippen molar-refractivity contribution in [3.8, 4) is 11.1 Å². The monoisotopic (exact) mass is 157 g/mol. The average molecular weight is 157 g/mol. The first-order valence-electron chi connectivity index (χ1n) is 4.75. The normalized spacial score (nSPS) is 12.0. The smallest absolute Gasteiger partial charge is 0.0629 e. The minimum atomic E-state index is 0.417. The molecule has 0 N–H and O–H groups in total. The molecule has 58 valence electrons. The lowest BCUT2D eigenvalue weighted by molar-refractivity contribution is 1.33. The zero-order valence-electron chi connectivity index (χ0n) is 8.49. The van der Waals surface area contributed by atoms with E-state index in [1.165, 1.54) is 0 Å². The summed E-state index contributed by atoms with van der Waals surface area (Å²) < 4.78 is 15.2. The quantitative estimate of drug-likeness (QED) is 0.620. The van der Waals surface area contributed by atoms with Gasteiger partial charge in [0.25, 0.3) is 0 Å². The zero-order chi connectivity index (χ0) is 9.97. The van der Waals surface area contributed by atoms with Crippen LogP contribution in [0.15, 0.2) is 54.8 Å². The summed E-state index contributed by atoms with van der Waals surface area (Å²) in [5, 5.41) is 0. The molecule has 0 aliphatic heterocycles. The van der Waals surface area contributed by atoms with Crippen LogP contribution in [0.2, 0.25) is 0 Å². The van der Waals surface area contributed by atoms with Crippen molar-refractivity contribution in [1.29, 1.82) is 0 Å². The molecule has 1 heteroatoms. The summed E-state index contributed by atoms with van der Waals surface area (Å²) in [6.07, 6.45) is 3.39. The van der Waals surface area contributed by atoms with Crippen molar-refractivity contribution < 1.29 is 2.74 Å². The molecule has 1 nitrogen and oxygen atoms in total. The van der Waals surface area contributed by atoms with Gasteiger partial charge in [-0.15, -0.1) is 0 Å². The van der Waals surface area contributed by atoms with Crippen molar-refractivity contribution in [2.24, 2.45) is 0 Å². The lowest BCUT2D eigenvalue weighted by Gasteiger charge is -1.97. The fourth-order valence-corrected chi connectivity index (χ4v) is 1.04. The van der Waals surface area contributed by atoms with Gasteiger partial charge in [0.05, 0.1) is 2.74 Å². The molecule has 0 spiro atoms. The molecule has 0 atom stereocenters. The molecule has 1 aromatic heterocycles. The predicted molar refractivity (Wildman–Crippen MR) is 49.7 cm³/mol. The molecule has 0 aliphatic rings. The van der Waals surface area contributed by atoms with Crippen molar-refractivity contribution in [2.45, 2.75) is 0 Å². The molecule has 0 unspecified atom stereocenters. The standard InChI is InChI=1S/C11H9N/c1-2-5-10(6-3-1)11-7-4-8-12-9-11/h1-9H/i2D,6D. The van der Waals surface area contributed by atoms with Crippen molar-refractivity contribution in [3.63, 3.8) is 0 Å². The van der Waals surface area contributed by atoms with Gasteiger partial charge in [-0.1, -0.05) is 36.4 Å². The highest BCUT2D eigenvalue weighted by Crippen LogP contribution is 2.16. The first-order chi connectivity index (χ1) is 6.77. The van der Waals surface area contributed by atoms with Crippen molar-refractivity contribution in [3.05, 3.63) is 54.8 Å². The highest BCUT2D eigenvalue weighted by Gasteiger charge is 1.92. The van der Waals surface area contributed by atoms with Gasteiger partial charge in [0, 0.05) is 12.4 Å². The third-order valence-corrected chi connectivity index (χ3v) is 1.62. The van der Waals surface area contributed by atoms with Crippen molar-refractivity contribution >= 4 is 0 Å². The molecule has 2 aromatic rings. The summed E-state index contributed by atoms with van der Waals surface area (Å²) in [7, 11) is 0. The molecule has 0 saturated heterocycles. The maximum absolute atomic E-state index is 7.69. The first kappa shape index (κ1) is 5.09. The summed E-state index contributed by atoms with van der Waals surface area (Å²) >= 11 is 0. The lowest BCUT2D eigenvalue weighted by atomic mass is 10.1. The van der Waals surface area contributed by atoms with Crippen LogP contribution in [0.1, 0.15) is 2.74 Å². The number of benzene rings is 1. The topological polar surface area (TPSA) is 12.9 Å². The summed E-state index contributed by atoms with van der Waals surface area (Å²) in [4.78, 5) is 3.99. The molecular formula is C11H9N. The van der Waals surface area contributed by atoms with Crippen molar-refractivity contribution in [2.75, 3.05) is 0 Å². The van der Waals surface area contributed by atoms with Gasteiger partial charge in [0.1, 0.15) is 0 Å². The van der Waals surface area contributed by atoms with E-state index in [2.05, 4.69) is 4.98 Å². The van der Waals surface area contributed by atoms with Crippen LogP contribution >= 0.6 is 0 Å². The van der Waals surface area contributed by atoms with Gasteiger partial charge in [0.15, 0.2) is 0 Å². The number of nitrogens with zero attached hydrogens (tertiary/aromatic N) is 1. The Morgan fingerprint density at radius 1 is 1.08 bits per heavy atom. The molecule has 0 bridgehead atoms. The van der Waals surface area contributed by atoms with E-state index in [-0.39, 0.29) is 0 Å². The second kappa shape index (κ2) is 3.18. The first-order valence-corrected chi connectivity index (χ1v) is 3.75. The van der Waals surface area contributed by atoms with Crippen LogP contribution in [-0.4, -0.2) is 4.98 Å². The van der Waals surface area contributed by atoms with E-state index in [9.17, 15) is 0 Å². The van der Waals surface area contributed by atoms with Crippen LogP contribution in [0.5, 0.6) is 0 Å². The summed E-state index contributed by atoms with van der Waals surface area (Å²) in [6.45, 7) is 0. The number of rotatable bonds is 1. The maximum Gasteiger partial charge on any atom is 0.0629 e. The third-order valence-electron chi connectivity index (χ3n) is 1.62. The van der Waals surface area contributed by atoms with E-state index in [1.54, 1.807) is 30.6 Å². The Morgan fingerprint density at radius 3 is 2.92 bits per heavy atom. The highest BCUT2D eigenvalue weighted by atomic mass is 14.6. The largest absolute Gasteiger partial charge is 0.264 e. The van der Waals surface area contributed by atoms with Gasteiger partial charge in [0.2, 0.25) is 0 Å². The van der Waals surface area contributed by atoms with E-state index in [0.717, 1.165) is 11.1 Å². The van der Waals surface area contributed by atoms with Crippen LogP contribution < -0.4 is 0 Å². The Morgan fingerprint density at radius 2 is 2.08 bits per heavy atom. The van der Waals surface area contributed by atoms with Gasteiger partial charge in [-0.3, -0.25) is 4.98 Å². The van der Waals surface area contributed by atoms with Gasteiger partial charge in [-0.05, 0) is 17.2 Å². The van der Waals surface area contributed by atoms with Crippen LogP contribution in [-0.2, 0) is 0 Å². The Bertz CT molecular complexity index is 440. The molecule has 0 fully saturated rings.